The van der Waals surface area contributed by atoms with Crippen molar-refractivity contribution in [3.63, 3.8) is 0 Å². The normalized spacial score (nSPS) is 11.1. The van der Waals surface area contributed by atoms with Gasteiger partial charge >= 0.3 is 0 Å². The molecule has 3 N–H and O–H groups in total. The van der Waals surface area contributed by atoms with Crippen molar-refractivity contribution in [3.8, 4) is 0 Å². The quantitative estimate of drug-likeness (QED) is 0.375. The van der Waals surface area contributed by atoms with E-state index in [9.17, 15) is 10.1 Å². The third kappa shape index (κ3) is 3.73. The number of anilines is 1. The predicted molar refractivity (Wildman–Crippen MR) is 74.1 cm³/mol. The van der Waals surface area contributed by atoms with Crippen LogP contribution in [0.2, 0.25) is 0 Å². The molecule has 0 saturated heterocycles. The van der Waals surface area contributed by atoms with E-state index in [0.717, 1.165) is 11.9 Å². The Balaban J connectivity index is 1.97. The molecule has 2 aromatic heterocycles. The Bertz CT molecular complexity index is 612. The van der Waals surface area contributed by atoms with Crippen LogP contribution < -0.4 is 11.1 Å². The molecule has 0 saturated carbocycles. The molecule has 0 amide bonds. The molecular formula is C12H12N6O2. The molecule has 2 rings (SSSR count). The van der Waals surface area contributed by atoms with E-state index in [1.165, 1.54) is 12.1 Å². The second kappa shape index (κ2) is 6.23. The molecule has 2 aromatic rings. The highest BCUT2D eigenvalue weighted by Gasteiger charge is 2.05. The fraction of sp³-hybridized carbons (Fsp3) is 0.0833. The van der Waals surface area contributed by atoms with Crippen molar-refractivity contribution in [1.29, 1.82) is 0 Å². The number of aliphatic imine (C=N–C) groups is 1. The standard InChI is InChI=1S/C12H12N6O2/c13-12(16-7-9-3-1-2-6-14-9)17-11-5-4-10(8-15-11)18(19)20/h1-6,8H,7H2,(H3,13,15,16,17). The van der Waals surface area contributed by atoms with Gasteiger partial charge in [-0.2, -0.15) is 0 Å². The summed E-state index contributed by atoms with van der Waals surface area (Å²) in [5.41, 5.74) is 6.39. The third-order valence-corrected chi connectivity index (χ3v) is 2.35. The molecule has 2 heterocycles. The average Bonchev–Trinajstić information content (AvgIpc) is 2.47. The monoisotopic (exact) mass is 272 g/mol. The molecule has 8 nitrogen and oxygen atoms in total. The lowest BCUT2D eigenvalue weighted by Crippen LogP contribution is -2.23. The number of nitrogens with one attached hydrogen (secondary N) is 1. The first-order valence-electron chi connectivity index (χ1n) is 5.72. The molecule has 0 aliphatic rings. The molecule has 0 spiro atoms. The summed E-state index contributed by atoms with van der Waals surface area (Å²) >= 11 is 0. The maximum atomic E-state index is 10.5. The van der Waals surface area contributed by atoms with Gasteiger partial charge in [0, 0.05) is 12.3 Å². The van der Waals surface area contributed by atoms with Gasteiger partial charge in [0.25, 0.3) is 5.69 Å². The molecule has 0 aromatic carbocycles. The van der Waals surface area contributed by atoms with Gasteiger partial charge in [-0.1, -0.05) is 6.07 Å². The number of hydrogen-bond acceptors (Lipinski definition) is 5. The summed E-state index contributed by atoms with van der Waals surface area (Å²) in [5, 5.41) is 13.2. The largest absolute Gasteiger partial charge is 0.370 e. The lowest BCUT2D eigenvalue weighted by Gasteiger charge is -2.04. The topological polar surface area (TPSA) is 119 Å². The fourth-order valence-corrected chi connectivity index (χ4v) is 1.40. The van der Waals surface area contributed by atoms with Gasteiger partial charge < -0.3 is 11.1 Å². The minimum absolute atomic E-state index is 0.0838. The number of pyridine rings is 2. The van der Waals surface area contributed by atoms with Crippen LogP contribution in [0.25, 0.3) is 0 Å². The number of guanidine groups is 1. The molecule has 0 aliphatic heterocycles. The number of rotatable bonds is 4. The van der Waals surface area contributed by atoms with Crippen LogP contribution in [0, 0.1) is 10.1 Å². The van der Waals surface area contributed by atoms with Crippen molar-refractivity contribution >= 4 is 17.5 Å². The van der Waals surface area contributed by atoms with Crippen LogP contribution in [0.3, 0.4) is 0 Å². The van der Waals surface area contributed by atoms with E-state index < -0.39 is 4.92 Å². The van der Waals surface area contributed by atoms with Gasteiger partial charge in [0.2, 0.25) is 0 Å². The average molecular weight is 272 g/mol. The summed E-state index contributed by atoms with van der Waals surface area (Å²) < 4.78 is 0. The zero-order chi connectivity index (χ0) is 14.4. The summed E-state index contributed by atoms with van der Waals surface area (Å²) in [4.78, 5) is 22.0. The molecule has 0 aliphatic carbocycles. The Hall–Kier alpha value is -3.03. The number of nitrogens with two attached hydrogens (primary N) is 1. The second-order valence-electron chi connectivity index (χ2n) is 3.81. The summed E-state index contributed by atoms with van der Waals surface area (Å²) in [6, 6.07) is 8.30. The number of nitrogens with zero attached hydrogens (tertiary/aromatic N) is 4. The fourth-order valence-electron chi connectivity index (χ4n) is 1.40. The second-order valence-corrected chi connectivity index (χ2v) is 3.81. The van der Waals surface area contributed by atoms with Crippen LogP contribution in [0.5, 0.6) is 0 Å². The molecule has 102 valence electrons. The van der Waals surface area contributed by atoms with E-state index in [0.29, 0.717) is 12.4 Å². The van der Waals surface area contributed by atoms with Crippen LogP contribution in [-0.4, -0.2) is 20.9 Å². The molecule has 8 heteroatoms. The summed E-state index contributed by atoms with van der Waals surface area (Å²) in [5.74, 6) is 0.551. The Morgan fingerprint density at radius 1 is 1.35 bits per heavy atom. The van der Waals surface area contributed by atoms with Crippen molar-refractivity contribution in [2.24, 2.45) is 10.7 Å². The van der Waals surface area contributed by atoms with Crippen LogP contribution in [0.1, 0.15) is 5.69 Å². The van der Waals surface area contributed by atoms with Gasteiger partial charge in [0.05, 0.1) is 17.2 Å². The highest BCUT2D eigenvalue weighted by Crippen LogP contribution is 2.11. The van der Waals surface area contributed by atoms with Gasteiger partial charge in [-0.05, 0) is 18.2 Å². The van der Waals surface area contributed by atoms with Crippen molar-refractivity contribution in [1.82, 2.24) is 9.97 Å². The number of nitro groups is 1. The summed E-state index contributed by atoms with van der Waals surface area (Å²) in [7, 11) is 0. The zero-order valence-corrected chi connectivity index (χ0v) is 10.4. The van der Waals surface area contributed by atoms with Crippen LogP contribution in [-0.2, 0) is 6.54 Å². The van der Waals surface area contributed by atoms with E-state index in [2.05, 4.69) is 20.3 Å². The van der Waals surface area contributed by atoms with E-state index in [1.807, 2.05) is 18.2 Å². The van der Waals surface area contributed by atoms with Crippen molar-refractivity contribution in [2.45, 2.75) is 6.54 Å². The molecule has 0 radical (unpaired) electrons. The first-order valence-corrected chi connectivity index (χ1v) is 5.72. The van der Waals surface area contributed by atoms with Gasteiger partial charge in [-0.3, -0.25) is 15.1 Å². The first-order chi connectivity index (χ1) is 9.65. The number of aromatic nitrogens is 2. The molecule has 20 heavy (non-hydrogen) atoms. The minimum Gasteiger partial charge on any atom is -0.370 e. The van der Waals surface area contributed by atoms with Gasteiger partial charge in [0.1, 0.15) is 12.0 Å². The van der Waals surface area contributed by atoms with Crippen LogP contribution >= 0.6 is 0 Å². The minimum atomic E-state index is -0.519. The molecule has 0 fully saturated rings. The lowest BCUT2D eigenvalue weighted by atomic mass is 10.3. The van der Waals surface area contributed by atoms with Gasteiger partial charge in [-0.25, -0.2) is 9.98 Å². The maximum Gasteiger partial charge on any atom is 0.287 e. The summed E-state index contributed by atoms with van der Waals surface area (Å²) in [6.45, 7) is 0.340. The Morgan fingerprint density at radius 2 is 2.20 bits per heavy atom. The van der Waals surface area contributed by atoms with E-state index in [-0.39, 0.29) is 11.6 Å². The lowest BCUT2D eigenvalue weighted by molar-refractivity contribution is -0.385. The first kappa shape index (κ1) is 13.4. The number of hydrogen-bond donors (Lipinski definition) is 2. The van der Waals surface area contributed by atoms with Gasteiger partial charge in [0.15, 0.2) is 5.96 Å². The molecule has 0 bridgehead atoms. The molecule has 0 atom stereocenters. The van der Waals surface area contributed by atoms with Crippen LogP contribution in [0.4, 0.5) is 11.5 Å². The van der Waals surface area contributed by atoms with E-state index in [1.54, 1.807) is 6.20 Å². The highest BCUT2D eigenvalue weighted by molar-refractivity contribution is 5.91. The van der Waals surface area contributed by atoms with Crippen molar-refractivity contribution < 1.29 is 4.92 Å². The maximum absolute atomic E-state index is 10.5. The zero-order valence-electron chi connectivity index (χ0n) is 10.4. The smallest absolute Gasteiger partial charge is 0.287 e. The highest BCUT2D eigenvalue weighted by atomic mass is 16.6. The van der Waals surface area contributed by atoms with E-state index >= 15 is 0 Å². The molecular weight excluding hydrogens is 260 g/mol. The van der Waals surface area contributed by atoms with Crippen molar-refractivity contribution in [3.05, 3.63) is 58.5 Å². The Labute approximate surface area is 114 Å². The Kier molecular flexibility index (Phi) is 4.17. The SMILES string of the molecule is NC(=NCc1ccccn1)Nc1ccc([N+](=O)[O-])cn1. The van der Waals surface area contributed by atoms with Gasteiger partial charge in [-0.15, -0.1) is 0 Å². The molecule has 0 unspecified atom stereocenters. The third-order valence-electron chi connectivity index (χ3n) is 2.35. The van der Waals surface area contributed by atoms with Crippen LogP contribution in [0.15, 0.2) is 47.7 Å². The van der Waals surface area contributed by atoms with Crippen molar-refractivity contribution in [2.75, 3.05) is 5.32 Å². The summed E-state index contributed by atoms with van der Waals surface area (Å²) in [6.07, 6.45) is 2.82. The Morgan fingerprint density at radius 3 is 2.80 bits per heavy atom. The predicted octanol–water partition coefficient (Wildman–Crippen LogP) is 1.31. The van der Waals surface area contributed by atoms with E-state index in [4.69, 9.17) is 5.73 Å².